The Morgan fingerprint density at radius 3 is 2.44 bits per heavy atom. The van der Waals surface area contributed by atoms with Gasteiger partial charge in [0, 0.05) is 34.5 Å². The van der Waals surface area contributed by atoms with Gasteiger partial charge in [-0.2, -0.15) is 0 Å². The summed E-state index contributed by atoms with van der Waals surface area (Å²) in [4.78, 5) is 42.0. The molecule has 0 aliphatic carbocycles. The van der Waals surface area contributed by atoms with Crippen LogP contribution in [0.4, 0.5) is 11.4 Å². The number of hydrogen-bond acceptors (Lipinski definition) is 4. The van der Waals surface area contributed by atoms with Gasteiger partial charge in [-0.3, -0.25) is 24.6 Å². The Labute approximate surface area is 231 Å². The summed E-state index contributed by atoms with van der Waals surface area (Å²) < 4.78 is 2.06. The van der Waals surface area contributed by atoms with Crippen LogP contribution in [0.1, 0.15) is 47.1 Å². The molecule has 0 spiro atoms. The van der Waals surface area contributed by atoms with Crippen molar-refractivity contribution < 1.29 is 14.5 Å². The summed E-state index contributed by atoms with van der Waals surface area (Å²) in [5.74, 6) is -0.738. The van der Waals surface area contributed by atoms with Crippen molar-refractivity contribution in [2.75, 3.05) is 11.4 Å². The van der Waals surface area contributed by atoms with Crippen LogP contribution in [0.25, 0.3) is 5.69 Å². The number of carbonyl (C=O) groups is 2. The van der Waals surface area contributed by atoms with Gasteiger partial charge in [0.1, 0.15) is 12.6 Å². The van der Waals surface area contributed by atoms with E-state index in [-0.39, 0.29) is 29.7 Å². The fraction of sp³-hybridized carbons (Fsp3) is 0.200. The summed E-state index contributed by atoms with van der Waals surface area (Å²) in [5.41, 5.74) is 3.76. The van der Waals surface area contributed by atoms with Crippen molar-refractivity contribution in [3.63, 3.8) is 0 Å². The van der Waals surface area contributed by atoms with Gasteiger partial charge in [-0.1, -0.05) is 41.9 Å². The van der Waals surface area contributed by atoms with Crippen LogP contribution in [0.15, 0.2) is 85.1 Å². The number of nitrogens with zero attached hydrogens (tertiary/aromatic N) is 4. The Hall–Kier alpha value is -4.43. The third-order valence-corrected chi connectivity index (χ3v) is 7.23. The van der Waals surface area contributed by atoms with E-state index in [0.29, 0.717) is 16.3 Å². The third-order valence-electron chi connectivity index (χ3n) is 7.00. The second-order valence-electron chi connectivity index (χ2n) is 9.80. The van der Waals surface area contributed by atoms with Gasteiger partial charge >= 0.3 is 0 Å². The SMILES string of the molecule is Cc1ccc(C(=O)N(CC(=O)N2c3ccccc3-n3cccc3C2c2cccc(Cl)c2)C(C)C)cc1[N+](=O)[O-]. The summed E-state index contributed by atoms with van der Waals surface area (Å²) >= 11 is 6.36. The van der Waals surface area contributed by atoms with E-state index in [2.05, 4.69) is 4.57 Å². The Morgan fingerprint density at radius 1 is 1.00 bits per heavy atom. The Balaban J connectivity index is 1.56. The van der Waals surface area contributed by atoms with E-state index in [1.54, 1.807) is 30.0 Å². The van der Waals surface area contributed by atoms with Crippen molar-refractivity contribution in [3.05, 3.63) is 123 Å². The summed E-state index contributed by atoms with van der Waals surface area (Å²) in [6, 6.07) is 22.5. The molecule has 3 aromatic carbocycles. The molecule has 4 aromatic rings. The molecule has 8 nitrogen and oxygen atoms in total. The minimum atomic E-state index is -0.508. The lowest BCUT2D eigenvalue weighted by atomic mass is 9.97. The van der Waals surface area contributed by atoms with Gasteiger partial charge in [-0.15, -0.1) is 0 Å². The van der Waals surface area contributed by atoms with Crippen LogP contribution in [0.2, 0.25) is 5.02 Å². The molecule has 5 rings (SSSR count). The van der Waals surface area contributed by atoms with E-state index in [0.717, 1.165) is 16.9 Å². The average molecular weight is 543 g/mol. The number of para-hydroxylation sites is 2. The van der Waals surface area contributed by atoms with Gasteiger partial charge in [0.15, 0.2) is 0 Å². The first-order chi connectivity index (χ1) is 18.7. The van der Waals surface area contributed by atoms with Crippen LogP contribution < -0.4 is 4.90 Å². The number of benzene rings is 3. The van der Waals surface area contributed by atoms with Crippen molar-refractivity contribution in [2.45, 2.75) is 32.9 Å². The number of hydrogen-bond donors (Lipinski definition) is 0. The predicted molar refractivity (Wildman–Crippen MR) is 151 cm³/mol. The van der Waals surface area contributed by atoms with Crippen molar-refractivity contribution in [1.82, 2.24) is 9.47 Å². The highest BCUT2D eigenvalue weighted by molar-refractivity contribution is 6.30. The number of nitro groups is 1. The zero-order valence-electron chi connectivity index (χ0n) is 21.7. The lowest BCUT2D eigenvalue weighted by Crippen LogP contribution is -2.48. The van der Waals surface area contributed by atoms with Gasteiger partial charge in [-0.05, 0) is 68.8 Å². The van der Waals surface area contributed by atoms with Gasteiger partial charge in [0.2, 0.25) is 5.91 Å². The molecule has 0 radical (unpaired) electrons. The van der Waals surface area contributed by atoms with E-state index in [9.17, 15) is 19.7 Å². The average Bonchev–Trinajstić information content (AvgIpc) is 3.40. The van der Waals surface area contributed by atoms with E-state index in [4.69, 9.17) is 11.6 Å². The Kier molecular flexibility index (Phi) is 6.97. The Bertz CT molecular complexity index is 1600. The number of amides is 2. The number of halogens is 1. The zero-order chi connectivity index (χ0) is 27.8. The normalized spacial score (nSPS) is 14.1. The summed E-state index contributed by atoms with van der Waals surface area (Å²) in [7, 11) is 0. The number of anilines is 1. The first kappa shape index (κ1) is 26.2. The molecule has 0 bridgehead atoms. The molecule has 198 valence electrons. The smallest absolute Gasteiger partial charge is 0.273 e. The van der Waals surface area contributed by atoms with Crippen LogP contribution in [0.3, 0.4) is 0 Å². The predicted octanol–water partition coefficient (Wildman–Crippen LogP) is 6.33. The molecule has 1 aliphatic rings. The van der Waals surface area contributed by atoms with Crippen molar-refractivity contribution in [3.8, 4) is 5.69 Å². The van der Waals surface area contributed by atoms with Crippen molar-refractivity contribution in [1.29, 1.82) is 0 Å². The van der Waals surface area contributed by atoms with Crippen LogP contribution in [0, 0.1) is 17.0 Å². The van der Waals surface area contributed by atoms with E-state index in [1.165, 1.54) is 11.0 Å². The van der Waals surface area contributed by atoms with E-state index < -0.39 is 16.9 Å². The molecule has 1 aromatic heterocycles. The largest absolute Gasteiger partial charge is 0.327 e. The molecule has 2 amide bonds. The Morgan fingerprint density at radius 2 is 1.74 bits per heavy atom. The topological polar surface area (TPSA) is 88.7 Å². The molecule has 2 heterocycles. The highest BCUT2D eigenvalue weighted by Crippen LogP contribution is 2.42. The monoisotopic (exact) mass is 542 g/mol. The van der Waals surface area contributed by atoms with E-state index in [1.807, 2.05) is 74.6 Å². The van der Waals surface area contributed by atoms with Crippen LogP contribution in [-0.4, -0.2) is 38.8 Å². The fourth-order valence-electron chi connectivity index (χ4n) is 5.07. The van der Waals surface area contributed by atoms with Crippen LogP contribution in [0.5, 0.6) is 0 Å². The van der Waals surface area contributed by atoms with Crippen molar-refractivity contribution in [2.24, 2.45) is 0 Å². The quantitative estimate of drug-likeness (QED) is 0.210. The fourth-order valence-corrected chi connectivity index (χ4v) is 5.27. The van der Waals surface area contributed by atoms with Gasteiger partial charge in [-0.25, -0.2) is 0 Å². The van der Waals surface area contributed by atoms with Gasteiger partial charge < -0.3 is 9.47 Å². The lowest BCUT2D eigenvalue weighted by Gasteiger charge is -2.40. The lowest BCUT2D eigenvalue weighted by molar-refractivity contribution is -0.385. The van der Waals surface area contributed by atoms with Crippen LogP contribution >= 0.6 is 11.6 Å². The molecule has 1 atom stereocenters. The standard InChI is InChI=1S/C30H27ClN4O4/c1-19(2)33(30(37)22-14-13-20(3)27(17-22)35(38)39)18-28(36)34-25-11-5-4-10-24(25)32-15-7-12-26(32)29(34)21-8-6-9-23(31)16-21/h4-17,19,29H,18H2,1-3H3. The maximum atomic E-state index is 14.2. The first-order valence-corrected chi connectivity index (χ1v) is 13.0. The molecule has 39 heavy (non-hydrogen) atoms. The number of aromatic nitrogens is 1. The maximum absolute atomic E-state index is 14.2. The van der Waals surface area contributed by atoms with E-state index >= 15 is 0 Å². The molecule has 9 heteroatoms. The number of nitro benzene ring substituents is 1. The second kappa shape index (κ2) is 10.4. The summed E-state index contributed by atoms with van der Waals surface area (Å²) in [6.45, 7) is 5.04. The first-order valence-electron chi connectivity index (χ1n) is 12.6. The highest BCUT2D eigenvalue weighted by atomic mass is 35.5. The van der Waals surface area contributed by atoms with Crippen LogP contribution in [-0.2, 0) is 4.79 Å². The molecular formula is C30H27ClN4O4. The molecule has 0 saturated heterocycles. The minimum Gasteiger partial charge on any atom is -0.327 e. The second-order valence-corrected chi connectivity index (χ2v) is 10.2. The highest BCUT2D eigenvalue weighted by Gasteiger charge is 2.37. The molecule has 0 N–H and O–H groups in total. The molecule has 1 unspecified atom stereocenters. The maximum Gasteiger partial charge on any atom is 0.273 e. The van der Waals surface area contributed by atoms with Crippen molar-refractivity contribution >= 4 is 34.8 Å². The molecule has 0 saturated carbocycles. The third kappa shape index (κ3) is 4.79. The number of fused-ring (bicyclic) bond motifs is 3. The number of aryl methyl sites for hydroxylation is 1. The zero-order valence-corrected chi connectivity index (χ0v) is 22.5. The van der Waals surface area contributed by atoms with Gasteiger partial charge in [0.05, 0.1) is 22.0 Å². The number of rotatable bonds is 6. The molecule has 1 aliphatic heterocycles. The van der Waals surface area contributed by atoms with Gasteiger partial charge in [0.25, 0.3) is 11.6 Å². The number of carbonyl (C=O) groups excluding carboxylic acids is 2. The summed E-state index contributed by atoms with van der Waals surface area (Å²) in [5, 5.41) is 12.0. The summed E-state index contributed by atoms with van der Waals surface area (Å²) in [6.07, 6.45) is 1.96. The minimum absolute atomic E-state index is 0.136. The molecule has 0 fully saturated rings. The molecular weight excluding hydrogens is 516 g/mol.